The number of aromatic nitrogens is 3. The number of carboxylic acids is 1. The van der Waals surface area contributed by atoms with Crippen LogP contribution in [0, 0.1) is 0 Å². The van der Waals surface area contributed by atoms with E-state index in [1.54, 1.807) is 12.1 Å². The van der Waals surface area contributed by atoms with Crippen molar-refractivity contribution in [2.75, 3.05) is 6.61 Å². The van der Waals surface area contributed by atoms with Crippen molar-refractivity contribution in [3.8, 4) is 11.4 Å². The van der Waals surface area contributed by atoms with Gasteiger partial charge in [0.05, 0.1) is 18.7 Å². The molecule has 0 aliphatic rings. The molecule has 2 rings (SSSR count). The Kier molecular flexibility index (Phi) is 4.57. The molecule has 1 aromatic carbocycles. The van der Waals surface area contributed by atoms with E-state index in [2.05, 4.69) is 10.3 Å². The molecule has 0 unspecified atom stereocenters. The van der Waals surface area contributed by atoms with Crippen molar-refractivity contribution in [3.05, 3.63) is 35.1 Å². The maximum Gasteiger partial charge on any atom is 0.309 e. The number of rotatable bonds is 6. The number of carbonyl (C=O) groups is 1. The molecular weight excluding hydrogens is 282 g/mol. The number of nitrogens with zero attached hydrogens (tertiary/aromatic N) is 3. The molecule has 106 valence electrons. The zero-order valence-electron chi connectivity index (χ0n) is 10.9. The van der Waals surface area contributed by atoms with E-state index in [9.17, 15) is 4.79 Å². The molecule has 7 heteroatoms. The molecule has 20 heavy (non-hydrogen) atoms. The average molecular weight is 296 g/mol. The Morgan fingerprint density at radius 1 is 1.45 bits per heavy atom. The first kappa shape index (κ1) is 14.3. The molecule has 0 radical (unpaired) electrons. The number of benzene rings is 1. The van der Waals surface area contributed by atoms with Crippen LogP contribution in [0.2, 0.25) is 5.15 Å². The van der Waals surface area contributed by atoms with Gasteiger partial charge in [-0.15, -0.1) is 5.10 Å². The molecule has 0 atom stereocenters. The normalized spacial score (nSPS) is 10.5. The van der Waals surface area contributed by atoms with Crippen molar-refractivity contribution in [2.45, 2.75) is 19.8 Å². The third kappa shape index (κ3) is 3.08. The van der Waals surface area contributed by atoms with Gasteiger partial charge < -0.3 is 9.84 Å². The van der Waals surface area contributed by atoms with Crippen molar-refractivity contribution in [2.24, 2.45) is 0 Å². The first-order chi connectivity index (χ1) is 9.63. The van der Waals surface area contributed by atoms with Crippen molar-refractivity contribution in [3.63, 3.8) is 0 Å². The van der Waals surface area contributed by atoms with Gasteiger partial charge in [-0.1, -0.05) is 35.9 Å². The van der Waals surface area contributed by atoms with Crippen LogP contribution in [-0.4, -0.2) is 32.7 Å². The second kappa shape index (κ2) is 6.38. The standard InChI is InChI=1S/C13H14ClN3O3/c1-2-7-20-11-6-4-3-5-9(11)17-10(8-12(18)19)13(14)15-16-17/h3-6H,2,7-8H2,1H3,(H,18,19). The van der Waals surface area contributed by atoms with Crippen molar-refractivity contribution >= 4 is 17.6 Å². The average Bonchev–Trinajstić information content (AvgIpc) is 2.78. The minimum atomic E-state index is -0.998. The SMILES string of the molecule is CCCOc1ccccc1-n1nnc(Cl)c1CC(=O)O. The number of ether oxygens (including phenoxy) is 1. The van der Waals surface area contributed by atoms with Gasteiger partial charge in [-0.3, -0.25) is 4.79 Å². The van der Waals surface area contributed by atoms with Crippen LogP contribution in [0.4, 0.5) is 0 Å². The summed E-state index contributed by atoms with van der Waals surface area (Å²) >= 11 is 5.90. The molecule has 0 saturated heterocycles. The summed E-state index contributed by atoms with van der Waals surface area (Å²) in [6.45, 7) is 2.57. The van der Waals surface area contributed by atoms with Crippen molar-refractivity contribution < 1.29 is 14.6 Å². The lowest BCUT2D eigenvalue weighted by atomic mass is 10.2. The number of hydrogen-bond acceptors (Lipinski definition) is 4. The van der Waals surface area contributed by atoms with E-state index in [0.29, 0.717) is 23.7 Å². The Bertz CT molecular complexity index is 613. The van der Waals surface area contributed by atoms with Gasteiger partial charge in [-0.2, -0.15) is 0 Å². The predicted octanol–water partition coefficient (Wildman–Crippen LogP) is 2.34. The number of aliphatic carboxylic acids is 1. The first-order valence-electron chi connectivity index (χ1n) is 6.17. The molecule has 0 spiro atoms. The smallest absolute Gasteiger partial charge is 0.309 e. The molecule has 0 saturated carbocycles. The summed E-state index contributed by atoms with van der Waals surface area (Å²) in [5.74, 6) is -0.384. The Balaban J connectivity index is 2.43. The predicted molar refractivity (Wildman–Crippen MR) is 73.5 cm³/mol. The molecule has 6 nitrogen and oxygen atoms in total. The van der Waals surface area contributed by atoms with Crippen LogP contribution in [0.3, 0.4) is 0 Å². The maximum atomic E-state index is 10.9. The number of para-hydroxylation sites is 2. The van der Waals surface area contributed by atoms with E-state index >= 15 is 0 Å². The van der Waals surface area contributed by atoms with Gasteiger partial charge in [-0.05, 0) is 18.6 Å². The summed E-state index contributed by atoms with van der Waals surface area (Å²) in [5.41, 5.74) is 0.948. The van der Waals surface area contributed by atoms with E-state index in [-0.39, 0.29) is 11.6 Å². The molecule has 0 fully saturated rings. The minimum absolute atomic E-state index is 0.0812. The van der Waals surface area contributed by atoms with Crippen LogP contribution in [0.25, 0.3) is 5.69 Å². The van der Waals surface area contributed by atoms with Gasteiger partial charge in [-0.25, -0.2) is 4.68 Å². The summed E-state index contributed by atoms with van der Waals surface area (Å²) in [6.07, 6.45) is 0.613. The van der Waals surface area contributed by atoms with Crippen molar-refractivity contribution in [1.29, 1.82) is 0 Å². The Hall–Kier alpha value is -2.08. The van der Waals surface area contributed by atoms with Crippen LogP contribution >= 0.6 is 11.6 Å². The fraction of sp³-hybridized carbons (Fsp3) is 0.308. The highest BCUT2D eigenvalue weighted by atomic mass is 35.5. The third-order valence-corrected chi connectivity index (χ3v) is 2.88. The van der Waals surface area contributed by atoms with Crippen LogP contribution < -0.4 is 4.74 Å². The number of carboxylic acid groups (broad SMARTS) is 1. The Morgan fingerprint density at radius 2 is 2.20 bits per heavy atom. The Morgan fingerprint density at radius 3 is 2.90 bits per heavy atom. The summed E-state index contributed by atoms with van der Waals surface area (Å²) in [7, 11) is 0. The summed E-state index contributed by atoms with van der Waals surface area (Å²) in [6, 6.07) is 7.23. The number of halogens is 1. The molecule has 0 aliphatic carbocycles. The van der Waals surface area contributed by atoms with Crippen LogP contribution in [0.1, 0.15) is 19.0 Å². The van der Waals surface area contributed by atoms with Crippen LogP contribution in [0.5, 0.6) is 5.75 Å². The fourth-order valence-electron chi connectivity index (χ4n) is 1.73. The highest BCUT2D eigenvalue weighted by Crippen LogP contribution is 2.25. The van der Waals surface area contributed by atoms with Gasteiger partial charge in [0, 0.05) is 0 Å². The molecule has 0 bridgehead atoms. The van der Waals surface area contributed by atoms with E-state index < -0.39 is 5.97 Å². The second-order valence-corrected chi connectivity index (χ2v) is 4.48. The van der Waals surface area contributed by atoms with E-state index in [4.69, 9.17) is 21.4 Å². The first-order valence-corrected chi connectivity index (χ1v) is 6.55. The van der Waals surface area contributed by atoms with Gasteiger partial charge >= 0.3 is 5.97 Å². The molecule has 1 heterocycles. The molecule has 2 aromatic rings. The maximum absolute atomic E-state index is 10.9. The third-order valence-electron chi connectivity index (χ3n) is 2.59. The lowest BCUT2D eigenvalue weighted by molar-refractivity contribution is -0.136. The monoisotopic (exact) mass is 295 g/mol. The summed E-state index contributed by atoms with van der Waals surface area (Å²) in [5, 5.41) is 16.6. The van der Waals surface area contributed by atoms with Gasteiger partial charge in [0.25, 0.3) is 0 Å². The van der Waals surface area contributed by atoms with Gasteiger partial charge in [0.1, 0.15) is 11.4 Å². The highest BCUT2D eigenvalue weighted by molar-refractivity contribution is 6.30. The lowest BCUT2D eigenvalue weighted by Crippen LogP contribution is -2.10. The van der Waals surface area contributed by atoms with Crippen LogP contribution in [-0.2, 0) is 11.2 Å². The Labute approximate surface area is 120 Å². The molecule has 0 amide bonds. The zero-order chi connectivity index (χ0) is 14.5. The van der Waals surface area contributed by atoms with E-state index in [1.807, 2.05) is 19.1 Å². The topological polar surface area (TPSA) is 77.2 Å². The lowest BCUT2D eigenvalue weighted by Gasteiger charge is -2.11. The largest absolute Gasteiger partial charge is 0.491 e. The molecular formula is C13H14ClN3O3. The second-order valence-electron chi connectivity index (χ2n) is 4.13. The quantitative estimate of drug-likeness (QED) is 0.885. The van der Waals surface area contributed by atoms with Crippen molar-refractivity contribution in [1.82, 2.24) is 15.0 Å². The molecule has 1 N–H and O–H groups in total. The number of hydrogen-bond donors (Lipinski definition) is 1. The van der Waals surface area contributed by atoms with E-state index in [0.717, 1.165) is 6.42 Å². The fourth-order valence-corrected chi connectivity index (χ4v) is 1.91. The minimum Gasteiger partial charge on any atom is -0.491 e. The molecule has 1 aromatic heterocycles. The van der Waals surface area contributed by atoms with E-state index in [1.165, 1.54) is 4.68 Å². The van der Waals surface area contributed by atoms with Gasteiger partial charge in [0.15, 0.2) is 5.15 Å². The molecule has 0 aliphatic heterocycles. The van der Waals surface area contributed by atoms with Crippen LogP contribution in [0.15, 0.2) is 24.3 Å². The summed E-state index contributed by atoms with van der Waals surface area (Å²) in [4.78, 5) is 10.9. The van der Waals surface area contributed by atoms with Gasteiger partial charge in [0.2, 0.25) is 0 Å². The zero-order valence-corrected chi connectivity index (χ0v) is 11.7. The highest BCUT2D eigenvalue weighted by Gasteiger charge is 2.18. The summed E-state index contributed by atoms with van der Waals surface area (Å²) < 4.78 is 7.04.